The molecule has 6 rings (SSSR count). The zero-order valence-electron chi connectivity index (χ0n) is 30.3. The van der Waals surface area contributed by atoms with Crippen molar-refractivity contribution < 1.29 is 47.2 Å². The Morgan fingerprint density at radius 1 is 0.491 bits per heavy atom. The summed E-state index contributed by atoms with van der Waals surface area (Å²) in [6.45, 7) is 0. The van der Waals surface area contributed by atoms with E-state index in [-0.39, 0.29) is 51.5 Å². The van der Waals surface area contributed by atoms with E-state index in [1.54, 1.807) is 8.51 Å². The molecular weight excluding hydrogens is 805 g/mol. The maximum Gasteiger partial charge on any atom is 0.319 e. The van der Waals surface area contributed by atoms with E-state index in [0.29, 0.717) is 31.5 Å². The highest BCUT2D eigenvalue weighted by Crippen LogP contribution is 2.58. The normalized spacial score (nSPS) is 11.4. The average Bonchev–Trinajstić information content (AvgIpc) is 3.23. The second-order valence-corrected chi connectivity index (χ2v) is 17.6. The van der Waals surface area contributed by atoms with Gasteiger partial charge in [-0.25, -0.2) is 0 Å². The number of aromatic amines is 1. The Balaban J connectivity index is 1.76. The minimum Gasteiger partial charge on any atom is -0.490 e. The first kappa shape index (κ1) is 39.3. The van der Waals surface area contributed by atoms with E-state index in [2.05, 4.69) is 4.51 Å². The number of benzene rings is 5. The van der Waals surface area contributed by atoms with Gasteiger partial charge in [-0.1, -0.05) is 81.3 Å². The number of nitrogens with zero attached hydrogens (tertiary/aromatic N) is 4. The van der Waals surface area contributed by atoms with Crippen LogP contribution in [0.5, 0.6) is 57.5 Å². The first-order chi connectivity index (χ1) is 27.1. The number of ether oxygens (including phenoxy) is 5. The Hall–Kier alpha value is -5.40. The predicted molar refractivity (Wildman–Crippen MR) is 217 cm³/mol. The molecule has 1 heterocycles. The quantitative estimate of drug-likeness (QED) is 0.106. The smallest absolute Gasteiger partial charge is 0.319 e. The molecular formula is C35H38N5O10P5. The zero-order chi connectivity index (χ0) is 38.4. The number of H-pyrrole nitrogens is 1. The van der Waals surface area contributed by atoms with Crippen LogP contribution in [-0.2, 0) is 0 Å². The van der Waals surface area contributed by atoms with Crippen molar-refractivity contribution in [3.63, 3.8) is 0 Å². The van der Waals surface area contributed by atoms with Crippen molar-refractivity contribution in [3.05, 3.63) is 121 Å². The van der Waals surface area contributed by atoms with Gasteiger partial charge in [0.2, 0.25) is 34.5 Å². The minimum absolute atomic E-state index is 0.0898. The first-order valence-electron chi connectivity index (χ1n) is 16.3. The Morgan fingerprint density at radius 3 is 1.35 bits per heavy atom. The molecule has 0 radical (unpaired) electrons. The Kier molecular flexibility index (Phi) is 14.1. The van der Waals surface area contributed by atoms with Crippen LogP contribution in [0.1, 0.15) is 0 Å². The van der Waals surface area contributed by atoms with Gasteiger partial charge in [0.1, 0.15) is 11.5 Å². The van der Waals surface area contributed by atoms with Crippen LogP contribution >= 0.6 is 41.7 Å². The van der Waals surface area contributed by atoms with Crippen molar-refractivity contribution in [1.29, 1.82) is 0 Å². The fraction of sp³-hybridized carbons (Fsp3) is 0.143. The van der Waals surface area contributed by atoms with Gasteiger partial charge in [-0.15, -0.1) is 0 Å². The van der Waals surface area contributed by atoms with E-state index in [1.807, 2.05) is 121 Å². The van der Waals surface area contributed by atoms with Crippen LogP contribution in [0.4, 0.5) is 0 Å². The summed E-state index contributed by atoms with van der Waals surface area (Å²) in [5, 5.41) is 0. The summed E-state index contributed by atoms with van der Waals surface area (Å²) in [5.74, 6) is 3.19. The lowest BCUT2D eigenvalue weighted by Crippen LogP contribution is -2.16. The van der Waals surface area contributed by atoms with Crippen LogP contribution in [0.25, 0.3) is 0 Å². The summed E-state index contributed by atoms with van der Waals surface area (Å²) < 4.78 is 55.7. The van der Waals surface area contributed by atoms with E-state index in [1.165, 1.54) is 39.8 Å². The van der Waals surface area contributed by atoms with Gasteiger partial charge in [0, 0.05) is 8.51 Å². The lowest BCUT2D eigenvalue weighted by Gasteiger charge is -2.24. The largest absolute Gasteiger partial charge is 0.490 e. The minimum atomic E-state index is -2.25. The van der Waals surface area contributed by atoms with E-state index >= 15 is 0 Å². The van der Waals surface area contributed by atoms with Gasteiger partial charge < -0.3 is 51.8 Å². The van der Waals surface area contributed by atoms with Crippen molar-refractivity contribution in [1.82, 2.24) is 21.8 Å². The number of hydrogen-bond acceptors (Lipinski definition) is 11. The monoisotopic (exact) mass is 843 g/mol. The van der Waals surface area contributed by atoms with E-state index < -0.39 is 16.2 Å². The highest BCUT2D eigenvalue weighted by Gasteiger charge is 2.32. The molecule has 5 aromatic carbocycles. The Morgan fingerprint density at radius 2 is 0.891 bits per heavy atom. The van der Waals surface area contributed by atoms with Gasteiger partial charge in [0.25, 0.3) is 0 Å². The molecule has 0 spiro atoms. The standard InChI is InChI=1S/C35H38N5O10P5/c1-41-30-31(42-2)33(44-4)35(34(45-5)32(30)43-3)48-39-53-37-51-36-52-38(46-26-18-10-6-11-19-26)54(49-28-22-14-8-15-23-28)40(47-27-20-12-7-13-21-27)55(39)50-29-24-16-9-17-25-29/h6-25,36,51-52H,1-5H3. The molecule has 15 nitrogen and oxygen atoms in total. The lowest BCUT2D eigenvalue weighted by molar-refractivity contribution is 0.208. The summed E-state index contributed by atoms with van der Waals surface area (Å²) in [5.41, 5.74) is 0. The molecule has 0 aliphatic heterocycles. The van der Waals surface area contributed by atoms with Crippen LogP contribution < -0.4 is 47.2 Å². The zero-order valence-corrected chi connectivity index (χ0v) is 34.9. The lowest BCUT2D eigenvalue weighted by atomic mass is 10.2. The van der Waals surface area contributed by atoms with Crippen LogP contribution in [0.3, 0.4) is 0 Å². The van der Waals surface area contributed by atoms with E-state index in [0.717, 1.165) is 0 Å². The Labute approximate surface area is 324 Å². The maximum absolute atomic E-state index is 6.90. The molecule has 1 aromatic heterocycles. The number of hydrogen-bond donors (Lipinski definition) is 1. The molecule has 288 valence electrons. The summed E-state index contributed by atoms with van der Waals surface area (Å²) in [6.07, 6.45) is 0. The second kappa shape index (κ2) is 19.8. The number of methoxy groups -OCH3 is 5. The van der Waals surface area contributed by atoms with E-state index in [4.69, 9.17) is 51.8 Å². The number of para-hydroxylation sites is 4. The van der Waals surface area contributed by atoms with E-state index in [9.17, 15) is 0 Å². The topological polar surface area (TPSA) is 136 Å². The average molecular weight is 844 g/mol. The van der Waals surface area contributed by atoms with Crippen LogP contribution in [-0.4, -0.2) is 57.3 Å². The predicted octanol–water partition coefficient (Wildman–Crippen LogP) is 10.1. The molecule has 6 aromatic rings. The van der Waals surface area contributed by atoms with Crippen molar-refractivity contribution in [2.75, 3.05) is 35.5 Å². The SMILES string of the molecule is COc1c(OC)c(OC)c(On2pn[pH][nH][pH]n(Oc3ccccc3)p(Oc3ccccc3)n(Oc3ccccc3)p2Oc2ccccc2)c(OC)c1OC. The number of aromatic nitrogens is 5. The summed E-state index contributed by atoms with van der Waals surface area (Å²) >= 11 is 0. The van der Waals surface area contributed by atoms with Gasteiger partial charge in [0.15, 0.2) is 20.0 Å². The van der Waals surface area contributed by atoms with Crippen LogP contribution in [0.2, 0.25) is 0 Å². The number of rotatable bonds is 15. The molecule has 0 bridgehead atoms. The van der Waals surface area contributed by atoms with Crippen molar-refractivity contribution in [3.8, 4) is 57.5 Å². The molecule has 0 fully saturated rings. The van der Waals surface area contributed by atoms with Gasteiger partial charge >= 0.3 is 16.2 Å². The van der Waals surface area contributed by atoms with Gasteiger partial charge in [0.05, 0.1) is 44.1 Å². The molecule has 20 heteroatoms. The highest BCUT2D eigenvalue weighted by atomic mass is 31.2. The van der Waals surface area contributed by atoms with Crippen molar-refractivity contribution in [2.45, 2.75) is 0 Å². The fourth-order valence-electron chi connectivity index (χ4n) is 4.78. The first-order valence-corrected chi connectivity index (χ1v) is 21.3. The molecule has 0 amide bonds. The molecule has 0 aliphatic rings. The second-order valence-electron chi connectivity index (χ2n) is 10.5. The molecule has 0 aliphatic carbocycles. The van der Waals surface area contributed by atoms with Crippen molar-refractivity contribution >= 4 is 41.7 Å². The third kappa shape index (κ3) is 9.65. The van der Waals surface area contributed by atoms with Gasteiger partial charge in [-0.3, -0.25) is 0 Å². The molecule has 0 saturated heterocycles. The Bertz CT molecular complexity index is 2220. The molecule has 4 unspecified atom stereocenters. The van der Waals surface area contributed by atoms with Gasteiger partial charge in [-0.05, 0) is 52.8 Å². The summed E-state index contributed by atoms with van der Waals surface area (Å²) in [6, 6.07) is 37.4. The third-order valence-corrected chi connectivity index (χ3v) is 14.0. The molecule has 0 saturated carbocycles. The summed E-state index contributed by atoms with van der Waals surface area (Å²) in [4.78, 5) is 20.3. The summed E-state index contributed by atoms with van der Waals surface area (Å²) in [7, 11) is 3.13. The number of nitrogens with one attached hydrogen (secondary N) is 1. The fourth-order valence-corrected chi connectivity index (χ4v) is 12.3. The van der Waals surface area contributed by atoms with Crippen molar-refractivity contribution in [2.24, 2.45) is 0 Å². The third-order valence-electron chi connectivity index (χ3n) is 7.13. The molecule has 55 heavy (non-hydrogen) atoms. The highest BCUT2D eigenvalue weighted by molar-refractivity contribution is 7.54. The van der Waals surface area contributed by atoms with Crippen LogP contribution in [0, 0.1) is 0 Å². The molecule has 4 atom stereocenters. The van der Waals surface area contributed by atoms with Gasteiger partial charge in [-0.2, -0.15) is 4.51 Å². The molecule has 1 N–H and O–H groups in total. The van der Waals surface area contributed by atoms with Crippen LogP contribution in [0.15, 0.2) is 121 Å². The maximum atomic E-state index is 6.90.